The molecule has 1 aromatic carbocycles. The predicted molar refractivity (Wildman–Crippen MR) is 76.3 cm³/mol. The predicted octanol–water partition coefficient (Wildman–Crippen LogP) is 1.76. The van der Waals surface area contributed by atoms with Gasteiger partial charge >= 0.3 is 0 Å². The lowest BCUT2D eigenvalue weighted by Crippen LogP contribution is -2.13. The van der Waals surface area contributed by atoms with E-state index in [9.17, 15) is 4.79 Å². The summed E-state index contributed by atoms with van der Waals surface area (Å²) in [4.78, 5) is 23.0. The van der Waals surface area contributed by atoms with Gasteiger partial charge in [0.25, 0.3) is 5.56 Å². The molecule has 19 heavy (non-hydrogen) atoms. The molecule has 6 nitrogen and oxygen atoms in total. The second kappa shape index (κ2) is 4.20. The van der Waals surface area contributed by atoms with Crippen molar-refractivity contribution >= 4 is 33.0 Å². The van der Waals surface area contributed by atoms with Gasteiger partial charge in [0.2, 0.25) is 5.95 Å². The van der Waals surface area contributed by atoms with Gasteiger partial charge in [-0.1, -0.05) is 22.0 Å². The van der Waals surface area contributed by atoms with Crippen LogP contribution in [-0.2, 0) is 0 Å². The summed E-state index contributed by atoms with van der Waals surface area (Å²) < 4.78 is 2.48. The summed E-state index contributed by atoms with van der Waals surface area (Å²) in [6, 6.07) is 7.46. The number of aryl methyl sites for hydroxylation is 1. The number of hydrogen-bond acceptors (Lipinski definition) is 4. The minimum absolute atomic E-state index is 0.233. The highest BCUT2D eigenvalue weighted by Crippen LogP contribution is 2.21. The van der Waals surface area contributed by atoms with Gasteiger partial charge in [-0.2, -0.15) is 4.98 Å². The molecule has 2 aromatic heterocycles. The number of nitrogens with one attached hydrogen (secondary N) is 1. The number of anilines is 1. The van der Waals surface area contributed by atoms with Crippen LogP contribution in [0.15, 0.2) is 33.5 Å². The first kappa shape index (κ1) is 11.9. The minimum atomic E-state index is -0.258. The van der Waals surface area contributed by atoms with E-state index in [0.29, 0.717) is 17.0 Å². The molecule has 0 saturated carbocycles. The van der Waals surface area contributed by atoms with Gasteiger partial charge in [0.1, 0.15) is 5.82 Å². The largest absolute Gasteiger partial charge is 0.369 e. The van der Waals surface area contributed by atoms with E-state index < -0.39 is 0 Å². The van der Waals surface area contributed by atoms with Crippen LogP contribution in [0.5, 0.6) is 0 Å². The smallest absolute Gasteiger partial charge is 0.277 e. The molecule has 0 amide bonds. The molecule has 0 fully saturated rings. The van der Waals surface area contributed by atoms with E-state index in [-0.39, 0.29) is 11.5 Å². The number of nitrogen functional groups attached to an aromatic ring is 1. The van der Waals surface area contributed by atoms with E-state index >= 15 is 0 Å². The van der Waals surface area contributed by atoms with Gasteiger partial charge in [0.15, 0.2) is 11.2 Å². The van der Waals surface area contributed by atoms with E-state index in [1.807, 2.05) is 24.3 Å². The van der Waals surface area contributed by atoms with Crippen LogP contribution in [0, 0.1) is 6.92 Å². The maximum atomic E-state index is 12.1. The second-order valence-corrected chi connectivity index (χ2v) is 5.02. The van der Waals surface area contributed by atoms with E-state index in [1.54, 1.807) is 11.5 Å². The van der Waals surface area contributed by atoms with Crippen LogP contribution in [0.25, 0.3) is 16.9 Å². The first-order valence-electron chi connectivity index (χ1n) is 5.57. The molecule has 0 bridgehead atoms. The fraction of sp³-hybridized carbons (Fsp3) is 0.0833. The number of aromatic amines is 1. The topological polar surface area (TPSA) is 89.6 Å². The van der Waals surface area contributed by atoms with E-state index in [0.717, 1.165) is 10.2 Å². The van der Waals surface area contributed by atoms with Gasteiger partial charge in [-0.3, -0.25) is 9.36 Å². The molecule has 3 rings (SSSR count). The first-order chi connectivity index (χ1) is 9.06. The fourth-order valence-electron chi connectivity index (χ4n) is 1.99. The Labute approximate surface area is 116 Å². The molecule has 3 N–H and O–H groups in total. The number of benzene rings is 1. The van der Waals surface area contributed by atoms with Crippen LogP contribution in [0.4, 0.5) is 5.95 Å². The van der Waals surface area contributed by atoms with E-state index in [2.05, 4.69) is 30.9 Å². The third kappa shape index (κ3) is 1.91. The van der Waals surface area contributed by atoms with E-state index in [1.165, 1.54) is 0 Å². The quantitative estimate of drug-likeness (QED) is 0.715. The molecule has 0 aliphatic heterocycles. The van der Waals surface area contributed by atoms with Crippen molar-refractivity contribution in [3.8, 4) is 5.69 Å². The number of rotatable bonds is 1. The van der Waals surface area contributed by atoms with Gasteiger partial charge in [-0.25, -0.2) is 4.98 Å². The van der Waals surface area contributed by atoms with Gasteiger partial charge < -0.3 is 10.7 Å². The third-order valence-corrected chi connectivity index (χ3v) is 3.23. The molecule has 7 heteroatoms. The van der Waals surface area contributed by atoms with Crippen LogP contribution in [0.3, 0.4) is 0 Å². The maximum absolute atomic E-state index is 12.1. The van der Waals surface area contributed by atoms with Crippen molar-refractivity contribution in [2.45, 2.75) is 6.92 Å². The highest BCUT2D eigenvalue weighted by molar-refractivity contribution is 9.10. The molecule has 0 unspecified atom stereocenters. The van der Waals surface area contributed by atoms with Crippen LogP contribution < -0.4 is 11.3 Å². The Balaban J connectivity index is 2.42. The molecule has 0 radical (unpaired) electrons. The third-order valence-electron chi connectivity index (χ3n) is 2.73. The Morgan fingerprint density at radius 3 is 2.89 bits per heavy atom. The first-order valence-corrected chi connectivity index (χ1v) is 6.36. The van der Waals surface area contributed by atoms with Crippen LogP contribution in [0.2, 0.25) is 0 Å². The molecule has 0 saturated heterocycles. The van der Waals surface area contributed by atoms with Crippen molar-refractivity contribution in [3.63, 3.8) is 0 Å². The average Bonchev–Trinajstić information content (AvgIpc) is 2.65. The zero-order valence-corrected chi connectivity index (χ0v) is 11.6. The Kier molecular flexibility index (Phi) is 2.63. The summed E-state index contributed by atoms with van der Waals surface area (Å²) >= 11 is 3.39. The molecule has 0 spiro atoms. The number of aromatic nitrogens is 4. The zero-order valence-electron chi connectivity index (χ0n) is 10.0. The van der Waals surface area contributed by atoms with Crippen LogP contribution in [0.1, 0.15) is 5.82 Å². The van der Waals surface area contributed by atoms with Crippen molar-refractivity contribution in [3.05, 3.63) is 44.9 Å². The van der Waals surface area contributed by atoms with Crippen molar-refractivity contribution in [2.75, 3.05) is 5.73 Å². The van der Waals surface area contributed by atoms with Gasteiger partial charge in [-0.15, -0.1) is 0 Å². The van der Waals surface area contributed by atoms with Gasteiger partial charge in [0, 0.05) is 4.47 Å². The molecule has 2 heterocycles. The number of hydrogen-bond donors (Lipinski definition) is 2. The number of halogens is 1. The number of nitrogens with zero attached hydrogens (tertiary/aromatic N) is 3. The van der Waals surface area contributed by atoms with Crippen LogP contribution in [-0.4, -0.2) is 19.5 Å². The minimum Gasteiger partial charge on any atom is -0.369 e. The zero-order chi connectivity index (χ0) is 13.6. The normalized spacial score (nSPS) is 11.1. The Bertz CT molecular complexity index is 836. The van der Waals surface area contributed by atoms with Crippen LogP contribution >= 0.6 is 15.9 Å². The lowest BCUT2D eigenvalue weighted by molar-refractivity contribution is 1.03. The molecular weight excluding hydrogens is 310 g/mol. The molecule has 0 aliphatic rings. The Morgan fingerprint density at radius 1 is 1.37 bits per heavy atom. The molecule has 0 aliphatic carbocycles. The maximum Gasteiger partial charge on any atom is 0.277 e. The van der Waals surface area contributed by atoms with Gasteiger partial charge in [0.05, 0.1) is 5.69 Å². The molecule has 96 valence electrons. The highest BCUT2D eigenvalue weighted by Gasteiger charge is 2.15. The Morgan fingerprint density at radius 2 is 2.16 bits per heavy atom. The lowest BCUT2D eigenvalue weighted by Gasteiger charge is -2.06. The monoisotopic (exact) mass is 319 g/mol. The standard InChI is InChI=1S/C12H10BrN5O/c1-6-15-10-9(11(19)16-6)18(12(14)17-10)8-4-2-3-7(13)5-8/h2-5H,1H3,(H3,14,15,16,17,19). The molecule has 0 atom stereocenters. The fourth-order valence-corrected chi connectivity index (χ4v) is 2.38. The summed E-state index contributed by atoms with van der Waals surface area (Å²) in [5.74, 6) is 0.744. The SMILES string of the molecule is Cc1nc2nc(N)n(-c3cccc(Br)c3)c2c(=O)[nH]1. The summed E-state index contributed by atoms with van der Waals surface area (Å²) in [6.07, 6.45) is 0. The van der Waals surface area contributed by atoms with Crippen molar-refractivity contribution in [2.24, 2.45) is 0 Å². The summed E-state index contributed by atoms with van der Waals surface area (Å²) in [7, 11) is 0. The number of nitrogens with two attached hydrogens (primary N) is 1. The summed E-state index contributed by atoms with van der Waals surface area (Å²) in [6.45, 7) is 1.70. The number of H-pyrrole nitrogens is 1. The second-order valence-electron chi connectivity index (χ2n) is 4.11. The number of imidazole rings is 1. The Hall–Kier alpha value is -2.15. The van der Waals surface area contributed by atoms with Gasteiger partial charge in [-0.05, 0) is 25.1 Å². The lowest BCUT2D eigenvalue weighted by atomic mass is 10.3. The average molecular weight is 320 g/mol. The van der Waals surface area contributed by atoms with E-state index in [4.69, 9.17) is 5.73 Å². The van der Waals surface area contributed by atoms with Crippen molar-refractivity contribution in [1.29, 1.82) is 0 Å². The molecule has 3 aromatic rings. The molecular formula is C12H10BrN5O. The summed E-state index contributed by atoms with van der Waals surface area (Å²) in [5.41, 5.74) is 7.09. The van der Waals surface area contributed by atoms with Crippen molar-refractivity contribution < 1.29 is 0 Å². The number of fused-ring (bicyclic) bond motifs is 1. The van der Waals surface area contributed by atoms with Crippen molar-refractivity contribution in [1.82, 2.24) is 19.5 Å². The summed E-state index contributed by atoms with van der Waals surface area (Å²) in [5, 5.41) is 0. The highest BCUT2D eigenvalue weighted by atomic mass is 79.9.